The fourth-order valence-corrected chi connectivity index (χ4v) is 8.30. The number of alkyl halides is 1. The number of aromatic amines is 1. The van der Waals surface area contributed by atoms with Crippen LogP contribution < -0.4 is 17.0 Å². The van der Waals surface area contributed by atoms with Crippen LogP contribution in [0.3, 0.4) is 0 Å². The van der Waals surface area contributed by atoms with Crippen LogP contribution in [-0.2, 0) is 43.9 Å². The molecule has 3 fully saturated rings. The number of rotatable bonds is 2. The molecule has 2 bridgehead atoms. The van der Waals surface area contributed by atoms with Crippen molar-refractivity contribution in [2.24, 2.45) is 0 Å². The molecular weight excluding hydrogens is 693 g/mol. The molecule has 4 aromatic rings. The van der Waals surface area contributed by atoms with Gasteiger partial charge in [-0.1, -0.05) is 23.4 Å². The van der Waals surface area contributed by atoms with E-state index in [0.29, 0.717) is 16.9 Å². The predicted molar refractivity (Wildman–Crippen MR) is 162 cm³/mol. The second-order valence-electron chi connectivity index (χ2n) is 10.4. The summed E-state index contributed by atoms with van der Waals surface area (Å²) < 4.78 is 66.4. The van der Waals surface area contributed by atoms with Gasteiger partial charge in [0.2, 0.25) is 5.95 Å². The molecule has 24 heteroatoms. The van der Waals surface area contributed by atoms with E-state index >= 15 is 4.39 Å². The van der Waals surface area contributed by atoms with Crippen LogP contribution in [0, 0.1) is 12.3 Å². The number of pyridine rings is 1. The van der Waals surface area contributed by atoms with Crippen molar-refractivity contribution in [1.82, 2.24) is 39.5 Å². The van der Waals surface area contributed by atoms with Gasteiger partial charge in [-0.25, -0.2) is 18.9 Å². The third-order valence-electron chi connectivity index (χ3n) is 7.55. The van der Waals surface area contributed by atoms with Gasteiger partial charge in [0.15, 0.2) is 34.8 Å². The summed E-state index contributed by atoms with van der Waals surface area (Å²) >= 11 is 9.33. The molecule has 46 heavy (non-hydrogen) atoms. The minimum atomic E-state index is -4.39. The molecule has 0 aliphatic carbocycles. The number of ether oxygens (including phenoxy) is 2. The third kappa shape index (κ3) is 5.40. The minimum absolute atomic E-state index is 0.0520. The predicted octanol–water partition coefficient (Wildman–Crippen LogP) is 0.722. The number of H-pyrrole nitrogens is 1. The average molecular weight is 717 g/mol. The Kier molecular flexibility index (Phi) is 7.73. The normalized spacial score (nSPS) is 36.9. The second kappa shape index (κ2) is 11.3. The number of anilines is 2. The second-order valence-corrected chi connectivity index (χ2v) is 16.1. The van der Waals surface area contributed by atoms with Crippen molar-refractivity contribution in [1.29, 1.82) is 0 Å². The lowest BCUT2D eigenvalue weighted by Gasteiger charge is -2.32. The molecule has 19 nitrogen and oxygen atoms in total. The van der Waals surface area contributed by atoms with Crippen LogP contribution in [0.25, 0.3) is 22.3 Å². The first-order valence-electron chi connectivity index (χ1n) is 13.2. The van der Waals surface area contributed by atoms with Gasteiger partial charge in [-0.15, -0.1) is 11.5 Å². The van der Waals surface area contributed by atoms with E-state index in [9.17, 15) is 14.3 Å². The summed E-state index contributed by atoms with van der Waals surface area (Å²) in [4.78, 5) is 38.3. The Balaban J connectivity index is 1.23. The maximum absolute atomic E-state index is 15.9. The van der Waals surface area contributed by atoms with E-state index in [1.54, 1.807) is 10.6 Å². The first-order chi connectivity index (χ1) is 21.8. The zero-order valence-electron chi connectivity index (χ0n) is 23.0. The van der Waals surface area contributed by atoms with Crippen LogP contribution in [0.4, 0.5) is 16.0 Å². The number of nitrogen functional groups attached to an aromatic ring is 2. The van der Waals surface area contributed by atoms with Gasteiger partial charge in [-0.2, -0.15) is 9.67 Å². The summed E-state index contributed by atoms with van der Waals surface area (Å²) in [5.74, 6) is 2.16. The number of nitrogens with one attached hydrogen (secondary N) is 1. The van der Waals surface area contributed by atoms with Crippen molar-refractivity contribution in [2.45, 2.75) is 49.0 Å². The SMILES string of the molecule is C#C[C@@]12COP(O)(=S)O[C@@H]3[C@@H](F)[C@@H](COP(=O)(S)O[C@H]1C[C@H](n1cnc4c(N)ccnc41)O2)O[C@H]3n1nnc2c(=O)[nH]c(N)nc21. The number of terminal acetylenes is 1. The fraction of sp³-hybridized carbons (Fsp3) is 0.455. The van der Waals surface area contributed by atoms with Crippen LogP contribution in [0.1, 0.15) is 18.9 Å². The molecule has 7 heterocycles. The summed E-state index contributed by atoms with van der Waals surface area (Å²) in [6.07, 6.45) is -0.233. The van der Waals surface area contributed by atoms with Crippen molar-refractivity contribution < 1.29 is 41.4 Å². The van der Waals surface area contributed by atoms with E-state index in [4.69, 9.17) is 57.3 Å². The standard InChI is InChI=1S/C22H23FN10O9P2S2/c1-2-22-7-38-44(36,46)42-16-13(23)10(39-20(16)33-18-15(30-31-33)19(34)29-21(25)28-18)6-37-43(35,45)41-11(22)5-12(40-22)32-8-27-14-9(24)3-4-26-17(14)32/h1,3-4,8,10-13,16,20H,5-7H2,(H2,24,26)(H,35,45)(H,36,46)(H3,25,28,29,34)/t10-,11+,12-,13+,16-,20-,22-,43?,44?/m1/s1. The number of nitrogens with zero attached hydrogens (tertiary/aromatic N) is 7. The van der Waals surface area contributed by atoms with Crippen LogP contribution in [0.15, 0.2) is 23.4 Å². The topological polar surface area (TPSA) is 252 Å². The molecule has 6 N–H and O–H groups in total. The van der Waals surface area contributed by atoms with Gasteiger partial charge < -0.3 is 30.4 Å². The van der Waals surface area contributed by atoms with E-state index in [0.717, 1.165) is 4.68 Å². The highest BCUT2D eigenvalue weighted by atomic mass is 32.7. The number of halogens is 1. The van der Waals surface area contributed by atoms with Gasteiger partial charge in [-0.3, -0.25) is 27.9 Å². The largest absolute Gasteiger partial charge is 0.397 e. The average Bonchev–Trinajstić information content (AvgIpc) is 3.76. The Morgan fingerprint density at radius 2 is 2.07 bits per heavy atom. The maximum atomic E-state index is 15.9. The van der Waals surface area contributed by atoms with Crippen molar-refractivity contribution in [3.8, 4) is 12.3 Å². The van der Waals surface area contributed by atoms with E-state index < -0.39 is 74.8 Å². The Morgan fingerprint density at radius 1 is 1.26 bits per heavy atom. The zero-order chi connectivity index (χ0) is 32.6. The molecule has 4 aromatic heterocycles. The lowest BCUT2D eigenvalue weighted by Crippen LogP contribution is -2.43. The fourth-order valence-electron chi connectivity index (χ4n) is 5.39. The van der Waals surface area contributed by atoms with Crippen molar-refractivity contribution >= 4 is 71.5 Å². The third-order valence-corrected chi connectivity index (χ3v) is 10.7. The highest BCUT2D eigenvalue weighted by molar-refractivity contribution is 8.44. The number of fused-ring (bicyclic) bond motifs is 5. The smallest absolute Gasteiger partial charge is 0.386 e. The van der Waals surface area contributed by atoms with Crippen LogP contribution in [0.2, 0.25) is 0 Å². The highest BCUT2D eigenvalue weighted by Crippen LogP contribution is 2.59. The Morgan fingerprint density at radius 3 is 2.85 bits per heavy atom. The summed E-state index contributed by atoms with van der Waals surface area (Å²) in [5.41, 5.74) is 9.81. The molecular formula is C22H23FN10O9P2S2. The summed E-state index contributed by atoms with van der Waals surface area (Å²) in [7, 11) is 0. The van der Waals surface area contributed by atoms with Crippen molar-refractivity contribution in [3.63, 3.8) is 0 Å². The monoisotopic (exact) mass is 716 g/mol. The van der Waals surface area contributed by atoms with Crippen LogP contribution in [-0.4, -0.2) is 87.7 Å². The van der Waals surface area contributed by atoms with Crippen molar-refractivity contribution in [2.75, 3.05) is 24.7 Å². The Labute approximate surface area is 267 Å². The van der Waals surface area contributed by atoms with E-state index in [2.05, 4.69) is 48.4 Å². The lowest BCUT2D eigenvalue weighted by molar-refractivity contribution is -0.0891. The van der Waals surface area contributed by atoms with E-state index in [1.165, 1.54) is 12.5 Å². The molecule has 244 valence electrons. The van der Waals surface area contributed by atoms with Gasteiger partial charge in [0.1, 0.15) is 30.1 Å². The molecule has 3 saturated heterocycles. The highest BCUT2D eigenvalue weighted by Gasteiger charge is 2.56. The molecule has 9 atom stereocenters. The lowest BCUT2D eigenvalue weighted by atomic mass is 9.99. The Bertz CT molecular complexity index is 2060. The molecule has 2 unspecified atom stereocenters. The van der Waals surface area contributed by atoms with E-state index in [1.807, 2.05) is 0 Å². The number of hydrogen-bond donors (Lipinski definition) is 5. The first kappa shape index (κ1) is 31.5. The van der Waals surface area contributed by atoms with Crippen LogP contribution >= 0.6 is 25.8 Å². The number of aromatic nitrogens is 8. The minimum Gasteiger partial charge on any atom is -0.397 e. The van der Waals surface area contributed by atoms with Gasteiger partial charge in [0, 0.05) is 12.6 Å². The Hall–Kier alpha value is -3.06. The van der Waals surface area contributed by atoms with Crippen LogP contribution in [0.5, 0.6) is 0 Å². The molecule has 0 saturated carbocycles. The molecule has 3 aliphatic rings. The van der Waals surface area contributed by atoms with Gasteiger partial charge in [0.05, 0.1) is 25.2 Å². The molecule has 0 radical (unpaired) electrons. The van der Waals surface area contributed by atoms with Crippen molar-refractivity contribution in [3.05, 3.63) is 28.9 Å². The summed E-state index contributed by atoms with van der Waals surface area (Å²) in [6.45, 7) is -10.1. The molecule has 0 amide bonds. The van der Waals surface area contributed by atoms with Gasteiger partial charge >= 0.3 is 13.5 Å². The first-order valence-corrected chi connectivity index (χ1v) is 18.5. The summed E-state index contributed by atoms with van der Waals surface area (Å²) in [6, 6.07) is 1.58. The van der Waals surface area contributed by atoms with Gasteiger partial charge in [0.25, 0.3) is 5.56 Å². The summed E-state index contributed by atoms with van der Waals surface area (Å²) in [5, 5.41) is 7.60. The number of imidazole rings is 1. The van der Waals surface area contributed by atoms with Gasteiger partial charge in [-0.05, 0) is 17.9 Å². The quantitative estimate of drug-likeness (QED) is 0.109. The van der Waals surface area contributed by atoms with E-state index in [-0.39, 0.29) is 23.5 Å². The molecule has 0 spiro atoms. The number of thiol groups is 1. The molecule has 3 aliphatic heterocycles. The number of hydrogen-bond acceptors (Lipinski definition) is 16. The maximum Gasteiger partial charge on any atom is 0.386 e. The zero-order valence-corrected chi connectivity index (χ0v) is 26.5. The number of nitrogens with two attached hydrogens (primary N) is 2. The molecule has 0 aromatic carbocycles. The molecule has 7 rings (SSSR count).